The van der Waals surface area contributed by atoms with Crippen LogP contribution in [0.4, 0.5) is 4.39 Å². The molecule has 116 valence electrons. The first-order valence-electron chi connectivity index (χ1n) is 6.90. The van der Waals surface area contributed by atoms with E-state index in [4.69, 9.17) is 22.7 Å². The standard InChI is InChI=1S/C15H21FN2O2S/c1-15(2)9-18(7-12(8-19)20-15)6-10-5-11(16)3-4-13(10)14(17)21/h3-5,12,19H,6-9H2,1-2H3,(H2,17,21). The zero-order valence-corrected chi connectivity index (χ0v) is 13.1. The number of benzene rings is 1. The fourth-order valence-corrected chi connectivity index (χ4v) is 3.01. The Bertz CT molecular complexity index is 536. The minimum absolute atomic E-state index is 0.0365. The first kappa shape index (κ1) is 16.3. The average Bonchev–Trinajstić information content (AvgIpc) is 2.36. The molecule has 3 N–H and O–H groups in total. The number of nitrogens with zero attached hydrogens (tertiary/aromatic N) is 1. The number of halogens is 1. The summed E-state index contributed by atoms with van der Waals surface area (Å²) < 4.78 is 19.3. The zero-order valence-electron chi connectivity index (χ0n) is 12.3. The molecule has 0 saturated carbocycles. The zero-order chi connectivity index (χ0) is 15.6. The minimum Gasteiger partial charge on any atom is -0.394 e. The van der Waals surface area contributed by atoms with E-state index in [-0.39, 0.29) is 29.1 Å². The highest BCUT2D eigenvalue weighted by Gasteiger charge is 2.33. The van der Waals surface area contributed by atoms with Gasteiger partial charge in [-0.1, -0.05) is 12.2 Å². The third-order valence-corrected chi connectivity index (χ3v) is 3.70. The molecule has 4 nitrogen and oxygen atoms in total. The molecule has 0 radical (unpaired) electrons. The Morgan fingerprint density at radius 1 is 1.57 bits per heavy atom. The molecule has 1 saturated heterocycles. The molecule has 6 heteroatoms. The molecule has 1 unspecified atom stereocenters. The van der Waals surface area contributed by atoms with Crippen LogP contribution in [-0.4, -0.2) is 46.4 Å². The van der Waals surface area contributed by atoms with Gasteiger partial charge in [-0.25, -0.2) is 4.39 Å². The lowest BCUT2D eigenvalue weighted by molar-refractivity contribution is -0.150. The first-order chi connectivity index (χ1) is 9.80. The highest BCUT2D eigenvalue weighted by molar-refractivity contribution is 7.80. The first-order valence-corrected chi connectivity index (χ1v) is 7.31. The number of hydrogen-bond donors (Lipinski definition) is 2. The van der Waals surface area contributed by atoms with Gasteiger partial charge >= 0.3 is 0 Å². The van der Waals surface area contributed by atoms with Crippen LogP contribution in [0.2, 0.25) is 0 Å². The number of ether oxygens (including phenoxy) is 1. The van der Waals surface area contributed by atoms with Gasteiger partial charge in [-0.2, -0.15) is 0 Å². The molecule has 1 atom stereocenters. The van der Waals surface area contributed by atoms with Crippen molar-refractivity contribution < 1.29 is 14.2 Å². The van der Waals surface area contributed by atoms with Crippen LogP contribution >= 0.6 is 12.2 Å². The van der Waals surface area contributed by atoms with E-state index in [9.17, 15) is 9.50 Å². The molecule has 0 aromatic heterocycles. The normalized spacial score (nSPS) is 22.2. The average molecular weight is 312 g/mol. The van der Waals surface area contributed by atoms with Crippen molar-refractivity contribution in [1.29, 1.82) is 0 Å². The molecule has 0 spiro atoms. The van der Waals surface area contributed by atoms with Crippen LogP contribution in [-0.2, 0) is 11.3 Å². The predicted molar refractivity (Wildman–Crippen MR) is 83.6 cm³/mol. The Hall–Kier alpha value is -1.08. The van der Waals surface area contributed by atoms with Crippen molar-refractivity contribution in [3.8, 4) is 0 Å². The lowest BCUT2D eigenvalue weighted by Crippen LogP contribution is -2.53. The summed E-state index contributed by atoms with van der Waals surface area (Å²) in [5.41, 5.74) is 6.80. The van der Waals surface area contributed by atoms with E-state index in [1.54, 1.807) is 6.07 Å². The van der Waals surface area contributed by atoms with Gasteiger partial charge in [0, 0.05) is 25.2 Å². The van der Waals surface area contributed by atoms with Crippen molar-refractivity contribution in [3.63, 3.8) is 0 Å². The lowest BCUT2D eigenvalue weighted by atomic mass is 10.0. The fourth-order valence-electron chi connectivity index (χ4n) is 2.81. The summed E-state index contributed by atoms with van der Waals surface area (Å²) in [6.45, 7) is 5.71. The second kappa shape index (κ2) is 6.36. The van der Waals surface area contributed by atoms with Crippen LogP contribution in [0, 0.1) is 5.82 Å². The largest absolute Gasteiger partial charge is 0.394 e. The smallest absolute Gasteiger partial charge is 0.123 e. The number of aliphatic hydroxyl groups excluding tert-OH is 1. The Balaban J connectivity index is 2.21. The molecule has 0 aliphatic carbocycles. The van der Waals surface area contributed by atoms with Gasteiger partial charge in [-0.15, -0.1) is 0 Å². The van der Waals surface area contributed by atoms with E-state index < -0.39 is 0 Å². The van der Waals surface area contributed by atoms with Crippen molar-refractivity contribution in [2.24, 2.45) is 5.73 Å². The molecule has 1 aliphatic heterocycles. The quantitative estimate of drug-likeness (QED) is 0.824. The van der Waals surface area contributed by atoms with Crippen LogP contribution in [0.15, 0.2) is 18.2 Å². The highest BCUT2D eigenvalue weighted by Crippen LogP contribution is 2.23. The number of rotatable bonds is 4. The molecule has 0 bridgehead atoms. The number of aliphatic hydroxyl groups is 1. The van der Waals surface area contributed by atoms with Crippen molar-refractivity contribution in [2.75, 3.05) is 19.7 Å². The Morgan fingerprint density at radius 2 is 2.29 bits per heavy atom. The van der Waals surface area contributed by atoms with Gasteiger partial charge in [0.25, 0.3) is 0 Å². The third-order valence-electron chi connectivity index (χ3n) is 3.48. The lowest BCUT2D eigenvalue weighted by Gasteiger charge is -2.42. The second-order valence-electron chi connectivity index (χ2n) is 6.02. The molecule has 1 aliphatic rings. The van der Waals surface area contributed by atoms with Crippen molar-refractivity contribution >= 4 is 17.2 Å². The summed E-state index contributed by atoms with van der Waals surface area (Å²) in [6.07, 6.45) is -0.240. The van der Waals surface area contributed by atoms with Crippen molar-refractivity contribution in [3.05, 3.63) is 35.1 Å². The van der Waals surface area contributed by atoms with Crippen molar-refractivity contribution in [2.45, 2.75) is 32.1 Å². The maximum atomic E-state index is 13.5. The molecule has 2 rings (SSSR count). The number of thiocarbonyl (C=S) groups is 1. The number of morpholine rings is 1. The summed E-state index contributed by atoms with van der Waals surface area (Å²) in [5, 5.41) is 9.34. The second-order valence-corrected chi connectivity index (χ2v) is 6.46. The van der Waals surface area contributed by atoms with E-state index in [1.807, 2.05) is 13.8 Å². The number of nitrogens with two attached hydrogens (primary N) is 1. The van der Waals surface area contributed by atoms with Crippen LogP contribution in [0.5, 0.6) is 0 Å². The Kier molecular flexibility index (Phi) is 4.93. The summed E-state index contributed by atoms with van der Waals surface area (Å²) in [5.74, 6) is -0.309. The molecule has 1 fully saturated rings. The Morgan fingerprint density at radius 3 is 2.90 bits per heavy atom. The van der Waals surface area contributed by atoms with E-state index in [0.29, 0.717) is 25.2 Å². The summed E-state index contributed by atoms with van der Waals surface area (Å²) >= 11 is 5.02. The fraction of sp³-hybridized carbons (Fsp3) is 0.533. The molecule has 1 heterocycles. The number of hydrogen-bond acceptors (Lipinski definition) is 4. The molecule has 21 heavy (non-hydrogen) atoms. The van der Waals surface area contributed by atoms with Crippen LogP contribution < -0.4 is 5.73 Å². The topological polar surface area (TPSA) is 58.7 Å². The van der Waals surface area contributed by atoms with Gasteiger partial charge in [0.1, 0.15) is 10.8 Å². The predicted octanol–water partition coefficient (Wildman–Crippen LogP) is 1.43. The van der Waals surface area contributed by atoms with Gasteiger partial charge in [-0.05, 0) is 37.6 Å². The molecule has 1 aromatic carbocycles. The summed E-state index contributed by atoms with van der Waals surface area (Å²) in [7, 11) is 0. The van der Waals surface area contributed by atoms with Gasteiger partial charge in [0.05, 0.1) is 18.3 Å². The Labute approximate surface area is 129 Å². The monoisotopic (exact) mass is 312 g/mol. The molecular weight excluding hydrogens is 291 g/mol. The van der Waals surface area contributed by atoms with Gasteiger partial charge < -0.3 is 15.6 Å². The SMILES string of the molecule is CC1(C)CN(Cc2cc(F)ccc2C(N)=S)CC(CO)O1. The van der Waals surface area contributed by atoms with E-state index in [0.717, 1.165) is 5.56 Å². The van der Waals surface area contributed by atoms with Crippen LogP contribution in [0.1, 0.15) is 25.0 Å². The van der Waals surface area contributed by atoms with Gasteiger partial charge in [-0.3, -0.25) is 4.90 Å². The molecular formula is C15H21FN2O2S. The van der Waals surface area contributed by atoms with Gasteiger partial charge in [0.2, 0.25) is 0 Å². The van der Waals surface area contributed by atoms with Gasteiger partial charge in [0.15, 0.2) is 0 Å². The van der Waals surface area contributed by atoms with E-state index >= 15 is 0 Å². The minimum atomic E-state index is -0.359. The maximum Gasteiger partial charge on any atom is 0.123 e. The summed E-state index contributed by atoms with van der Waals surface area (Å²) in [6, 6.07) is 4.44. The van der Waals surface area contributed by atoms with E-state index in [2.05, 4.69) is 4.90 Å². The molecule has 0 amide bonds. The van der Waals surface area contributed by atoms with Crippen molar-refractivity contribution in [1.82, 2.24) is 4.90 Å². The maximum absolute atomic E-state index is 13.5. The van der Waals surface area contributed by atoms with Crippen LogP contribution in [0.25, 0.3) is 0 Å². The van der Waals surface area contributed by atoms with Crippen LogP contribution in [0.3, 0.4) is 0 Å². The highest BCUT2D eigenvalue weighted by atomic mass is 32.1. The third kappa shape index (κ3) is 4.20. The molecule has 1 aromatic rings. The van der Waals surface area contributed by atoms with E-state index in [1.165, 1.54) is 12.1 Å². The summed E-state index contributed by atoms with van der Waals surface area (Å²) in [4.78, 5) is 2.39.